The minimum absolute atomic E-state index is 0.206. The number of hydrogen-bond donors (Lipinski definition) is 3. The van der Waals surface area contributed by atoms with Crippen molar-refractivity contribution >= 4 is 17.6 Å². The number of hydrogen-bond acceptors (Lipinski definition) is 3. The number of amides is 1. The molecule has 136 valence electrons. The van der Waals surface area contributed by atoms with Gasteiger partial charge in [-0.1, -0.05) is 54.6 Å². The van der Waals surface area contributed by atoms with Crippen LogP contribution in [0.4, 0.5) is 5.69 Å². The molecule has 0 aliphatic rings. The van der Waals surface area contributed by atoms with Gasteiger partial charge in [-0.25, -0.2) is 0 Å². The predicted molar refractivity (Wildman–Crippen MR) is 106 cm³/mol. The number of benzene rings is 3. The Balaban J connectivity index is 1.69. The van der Waals surface area contributed by atoms with Gasteiger partial charge in [-0.15, -0.1) is 0 Å². The topological polar surface area (TPSA) is 92.4 Å². The monoisotopic (exact) mass is 360 g/mol. The van der Waals surface area contributed by atoms with Crippen LogP contribution in [0.15, 0.2) is 78.9 Å². The number of nitrogens with two attached hydrogens (primary N) is 1. The molecule has 5 nitrogen and oxygen atoms in total. The van der Waals surface area contributed by atoms with Crippen molar-refractivity contribution in [3.05, 3.63) is 90.0 Å². The highest BCUT2D eigenvalue weighted by Gasteiger charge is 2.12. The fourth-order valence-corrected chi connectivity index (χ4v) is 2.74. The largest absolute Gasteiger partial charge is 0.480 e. The van der Waals surface area contributed by atoms with E-state index in [9.17, 15) is 9.59 Å². The first kappa shape index (κ1) is 18.4. The van der Waals surface area contributed by atoms with E-state index in [4.69, 9.17) is 10.8 Å². The summed E-state index contributed by atoms with van der Waals surface area (Å²) in [6.45, 7) is 0. The molecule has 0 radical (unpaired) electrons. The first-order valence-electron chi connectivity index (χ1n) is 8.57. The molecular weight excluding hydrogens is 340 g/mol. The lowest BCUT2D eigenvalue weighted by molar-refractivity contribution is -0.138. The molecule has 1 amide bonds. The van der Waals surface area contributed by atoms with Crippen LogP contribution < -0.4 is 11.1 Å². The fourth-order valence-electron chi connectivity index (χ4n) is 2.74. The zero-order valence-electron chi connectivity index (χ0n) is 14.6. The van der Waals surface area contributed by atoms with Gasteiger partial charge in [0.1, 0.15) is 6.04 Å². The summed E-state index contributed by atoms with van der Waals surface area (Å²) < 4.78 is 0. The van der Waals surface area contributed by atoms with Gasteiger partial charge in [-0.05, 0) is 47.4 Å². The minimum Gasteiger partial charge on any atom is -0.480 e. The van der Waals surface area contributed by atoms with Crippen LogP contribution in [0, 0.1) is 0 Å². The SMILES string of the molecule is NC(Cc1ccc(NC(=O)c2cccc(-c3ccccc3)c2)cc1)C(=O)O. The quantitative estimate of drug-likeness (QED) is 0.627. The maximum absolute atomic E-state index is 12.5. The highest BCUT2D eigenvalue weighted by atomic mass is 16.4. The number of carboxylic acids is 1. The van der Waals surface area contributed by atoms with Crippen LogP contribution in [0.2, 0.25) is 0 Å². The Kier molecular flexibility index (Phi) is 5.64. The van der Waals surface area contributed by atoms with E-state index in [1.807, 2.05) is 48.5 Å². The molecule has 3 rings (SSSR count). The Morgan fingerprint density at radius 1 is 0.889 bits per heavy atom. The van der Waals surface area contributed by atoms with E-state index in [1.54, 1.807) is 30.3 Å². The van der Waals surface area contributed by atoms with Crippen LogP contribution in [-0.4, -0.2) is 23.0 Å². The van der Waals surface area contributed by atoms with Gasteiger partial charge in [0, 0.05) is 11.3 Å². The average Bonchev–Trinajstić information content (AvgIpc) is 2.70. The maximum atomic E-state index is 12.5. The van der Waals surface area contributed by atoms with E-state index in [2.05, 4.69) is 5.32 Å². The standard InChI is InChI=1S/C22H20N2O3/c23-20(22(26)27)13-15-9-11-19(12-10-15)24-21(25)18-8-4-7-17(14-18)16-5-2-1-3-6-16/h1-12,14,20H,13,23H2,(H,24,25)(H,26,27). The van der Waals surface area contributed by atoms with Gasteiger partial charge < -0.3 is 16.2 Å². The predicted octanol–water partition coefficient (Wildman–Crippen LogP) is 3.56. The van der Waals surface area contributed by atoms with E-state index in [-0.39, 0.29) is 12.3 Å². The number of aliphatic carboxylic acids is 1. The van der Waals surface area contributed by atoms with Crippen LogP contribution in [0.5, 0.6) is 0 Å². The number of anilines is 1. The van der Waals surface area contributed by atoms with Crippen molar-refractivity contribution in [2.75, 3.05) is 5.32 Å². The zero-order chi connectivity index (χ0) is 19.2. The van der Waals surface area contributed by atoms with Gasteiger partial charge >= 0.3 is 5.97 Å². The molecule has 3 aromatic rings. The second-order valence-electron chi connectivity index (χ2n) is 6.25. The van der Waals surface area contributed by atoms with Crippen molar-refractivity contribution in [3.63, 3.8) is 0 Å². The summed E-state index contributed by atoms with van der Waals surface area (Å²) in [5, 5.41) is 11.7. The third-order valence-electron chi connectivity index (χ3n) is 4.22. The first-order valence-corrected chi connectivity index (χ1v) is 8.57. The summed E-state index contributed by atoms with van der Waals surface area (Å²) >= 11 is 0. The lowest BCUT2D eigenvalue weighted by Gasteiger charge is -2.09. The van der Waals surface area contributed by atoms with E-state index >= 15 is 0 Å². The average molecular weight is 360 g/mol. The van der Waals surface area contributed by atoms with Crippen molar-refractivity contribution in [2.45, 2.75) is 12.5 Å². The van der Waals surface area contributed by atoms with Gasteiger partial charge in [-0.3, -0.25) is 9.59 Å². The molecule has 4 N–H and O–H groups in total. The van der Waals surface area contributed by atoms with E-state index < -0.39 is 12.0 Å². The molecule has 0 saturated heterocycles. The second kappa shape index (κ2) is 8.29. The lowest BCUT2D eigenvalue weighted by Crippen LogP contribution is -2.32. The molecule has 0 heterocycles. The number of carbonyl (C=O) groups excluding carboxylic acids is 1. The Labute approximate surface area is 157 Å². The van der Waals surface area contributed by atoms with Gasteiger partial charge in [0.05, 0.1) is 0 Å². The minimum atomic E-state index is -1.04. The zero-order valence-corrected chi connectivity index (χ0v) is 14.6. The molecule has 0 bridgehead atoms. The molecule has 5 heteroatoms. The summed E-state index contributed by atoms with van der Waals surface area (Å²) in [7, 11) is 0. The van der Waals surface area contributed by atoms with Crippen molar-refractivity contribution in [1.29, 1.82) is 0 Å². The molecule has 1 atom stereocenters. The highest BCUT2D eigenvalue weighted by Crippen LogP contribution is 2.21. The van der Waals surface area contributed by atoms with Crippen LogP contribution >= 0.6 is 0 Å². The molecule has 1 unspecified atom stereocenters. The van der Waals surface area contributed by atoms with Crippen molar-refractivity contribution in [1.82, 2.24) is 0 Å². The van der Waals surface area contributed by atoms with Crippen molar-refractivity contribution in [2.24, 2.45) is 5.73 Å². The second-order valence-corrected chi connectivity index (χ2v) is 6.25. The molecule has 0 aliphatic carbocycles. The molecule has 27 heavy (non-hydrogen) atoms. The Morgan fingerprint density at radius 2 is 1.56 bits per heavy atom. The van der Waals surface area contributed by atoms with Gasteiger partial charge in [-0.2, -0.15) is 0 Å². The summed E-state index contributed by atoms with van der Waals surface area (Å²) in [4.78, 5) is 23.4. The smallest absolute Gasteiger partial charge is 0.320 e. The Bertz CT molecular complexity index is 937. The first-order chi connectivity index (χ1) is 13.0. The van der Waals surface area contributed by atoms with Crippen LogP contribution in [0.1, 0.15) is 15.9 Å². The van der Waals surface area contributed by atoms with E-state index in [0.717, 1.165) is 16.7 Å². The number of carboxylic acid groups (broad SMARTS) is 1. The summed E-state index contributed by atoms with van der Waals surface area (Å²) in [5.74, 6) is -1.24. The van der Waals surface area contributed by atoms with Crippen molar-refractivity contribution in [3.8, 4) is 11.1 Å². The maximum Gasteiger partial charge on any atom is 0.320 e. The van der Waals surface area contributed by atoms with E-state index in [0.29, 0.717) is 11.3 Å². The molecule has 0 aromatic heterocycles. The van der Waals surface area contributed by atoms with Gasteiger partial charge in [0.25, 0.3) is 5.91 Å². The summed E-state index contributed by atoms with van der Waals surface area (Å²) in [6, 6.07) is 23.4. The summed E-state index contributed by atoms with van der Waals surface area (Å²) in [6.07, 6.45) is 0.239. The van der Waals surface area contributed by atoms with Crippen LogP contribution in [0.25, 0.3) is 11.1 Å². The molecule has 0 aliphatic heterocycles. The van der Waals surface area contributed by atoms with Gasteiger partial charge in [0.2, 0.25) is 0 Å². The van der Waals surface area contributed by atoms with Crippen LogP contribution in [0.3, 0.4) is 0 Å². The third kappa shape index (κ3) is 4.80. The third-order valence-corrected chi connectivity index (χ3v) is 4.22. The van der Waals surface area contributed by atoms with Gasteiger partial charge in [0.15, 0.2) is 0 Å². The van der Waals surface area contributed by atoms with Crippen molar-refractivity contribution < 1.29 is 14.7 Å². The lowest BCUT2D eigenvalue weighted by atomic mass is 10.0. The van der Waals surface area contributed by atoms with E-state index in [1.165, 1.54) is 0 Å². The number of nitrogens with one attached hydrogen (secondary N) is 1. The van der Waals surface area contributed by atoms with Crippen LogP contribution in [-0.2, 0) is 11.2 Å². The summed E-state index contributed by atoms with van der Waals surface area (Å²) in [5.41, 5.74) is 9.56. The molecule has 0 spiro atoms. The number of rotatable bonds is 6. The molecule has 3 aromatic carbocycles. The molecule has 0 fully saturated rings. The normalized spacial score (nSPS) is 11.6. The molecule has 0 saturated carbocycles. The molecular formula is C22H20N2O3. The fraction of sp³-hybridized carbons (Fsp3) is 0.0909. The Morgan fingerprint density at radius 3 is 2.22 bits per heavy atom. The Hall–Kier alpha value is -3.44. The number of carbonyl (C=O) groups is 2. The highest BCUT2D eigenvalue weighted by molar-refractivity contribution is 6.05.